The van der Waals surface area contributed by atoms with Gasteiger partial charge in [-0.2, -0.15) is 0 Å². The highest BCUT2D eigenvalue weighted by atomic mass is 32.2. The minimum atomic E-state index is -0.598. The molecule has 9 heteroatoms. The van der Waals surface area contributed by atoms with Crippen LogP contribution in [0.4, 0.5) is 15.9 Å². The van der Waals surface area contributed by atoms with Gasteiger partial charge in [-0.25, -0.2) is 19.2 Å². The highest BCUT2D eigenvalue weighted by Gasteiger charge is 2.19. The van der Waals surface area contributed by atoms with Crippen LogP contribution >= 0.6 is 11.8 Å². The predicted molar refractivity (Wildman–Crippen MR) is 92.7 cm³/mol. The Morgan fingerprint density at radius 1 is 1.36 bits per heavy atom. The number of hydrogen-bond acceptors (Lipinski definition) is 7. The lowest BCUT2D eigenvalue weighted by Gasteiger charge is -2.12. The molecule has 0 radical (unpaired) electrons. The van der Waals surface area contributed by atoms with Crippen LogP contribution in [-0.2, 0) is 9.53 Å². The fourth-order valence-electron chi connectivity index (χ4n) is 1.79. The molecule has 0 saturated heterocycles. The molecule has 1 aromatic heterocycles. The molecule has 0 bridgehead atoms. The lowest BCUT2D eigenvalue weighted by molar-refractivity contribution is -0.115. The molecule has 0 saturated carbocycles. The van der Waals surface area contributed by atoms with Crippen LogP contribution in [0.15, 0.2) is 35.6 Å². The molecule has 3 N–H and O–H groups in total. The van der Waals surface area contributed by atoms with Crippen LogP contribution in [0.5, 0.6) is 0 Å². The average molecular weight is 364 g/mol. The van der Waals surface area contributed by atoms with Crippen LogP contribution in [-0.4, -0.2) is 33.7 Å². The Bertz CT molecular complexity index is 770. The molecule has 132 valence electrons. The molecule has 0 aliphatic rings. The van der Waals surface area contributed by atoms with Crippen LogP contribution in [0.1, 0.15) is 24.2 Å². The van der Waals surface area contributed by atoms with Crippen LogP contribution in [0.3, 0.4) is 0 Å². The molecule has 1 aromatic carbocycles. The van der Waals surface area contributed by atoms with Crippen molar-refractivity contribution in [2.24, 2.45) is 0 Å². The van der Waals surface area contributed by atoms with Crippen molar-refractivity contribution >= 4 is 35.1 Å². The Hall–Kier alpha value is -2.68. The molecule has 7 nitrogen and oxygen atoms in total. The van der Waals surface area contributed by atoms with Crippen molar-refractivity contribution in [3.8, 4) is 0 Å². The topological polar surface area (TPSA) is 107 Å². The lowest BCUT2D eigenvalue weighted by Crippen LogP contribution is -2.22. The SMILES string of the molecule is CCOC(=O)c1cnc(S[C@@H](C)C(=O)Nc2ccc(F)cc2)nc1N. The Balaban J connectivity index is 2.00. The minimum absolute atomic E-state index is 0.0120. The molecule has 0 aliphatic carbocycles. The highest BCUT2D eigenvalue weighted by Crippen LogP contribution is 2.23. The summed E-state index contributed by atoms with van der Waals surface area (Å²) in [5, 5.41) is 2.39. The number of nitrogens with zero attached hydrogens (tertiary/aromatic N) is 2. The third-order valence-corrected chi connectivity index (χ3v) is 4.03. The van der Waals surface area contributed by atoms with Gasteiger partial charge >= 0.3 is 5.97 Å². The van der Waals surface area contributed by atoms with Gasteiger partial charge in [-0.1, -0.05) is 11.8 Å². The molecule has 0 aliphatic heterocycles. The first-order valence-electron chi connectivity index (χ1n) is 7.43. The minimum Gasteiger partial charge on any atom is -0.462 e. The number of aromatic nitrogens is 2. The fourth-order valence-corrected chi connectivity index (χ4v) is 2.54. The number of ether oxygens (including phenoxy) is 1. The van der Waals surface area contributed by atoms with E-state index in [0.717, 1.165) is 11.8 Å². The zero-order chi connectivity index (χ0) is 18.4. The number of rotatable bonds is 6. The Morgan fingerprint density at radius 3 is 2.64 bits per heavy atom. The first-order valence-corrected chi connectivity index (χ1v) is 8.31. The predicted octanol–water partition coefficient (Wildman–Crippen LogP) is 2.49. The first kappa shape index (κ1) is 18.7. The van der Waals surface area contributed by atoms with Crippen molar-refractivity contribution in [3.05, 3.63) is 41.8 Å². The summed E-state index contributed by atoms with van der Waals surface area (Å²) in [6.07, 6.45) is 1.27. The van der Waals surface area contributed by atoms with E-state index in [2.05, 4.69) is 15.3 Å². The van der Waals surface area contributed by atoms with Gasteiger partial charge in [0.05, 0.1) is 11.9 Å². The van der Waals surface area contributed by atoms with E-state index in [1.807, 2.05) is 0 Å². The summed E-state index contributed by atoms with van der Waals surface area (Å²) in [5.41, 5.74) is 6.30. The van der Waals surface area contributed by atoms with Gasteiger partial charge < -0.3 is 15.8 Å². The summed E-state index contributed by atoms with van der Waals surface area (Å²) in [7, 11) is 0. The molecular formula is C16H17FN4O3S. The maximum atomic E-state index is 12.9. The van der Waals surface area contributed by atoms with E-state index in [0.29, 0.717) is 5.69 Å². The number of nitrogen functional groups attached to an aromatic ring is 1. The third kappa shape index (κ3) is 5.15. The normalized spacial score (nSPS) is 11.6. The van der Waals surface area contributed by atoms with E-state index in [1.165, 1.54) is 30.5 Å². The number of carbonyl (C=O) groups excluding carboxylic acids is 2. The van der Waals surface area contributed by atoms with E-state index in [-0.39, 0.29) is 34.9 Å². The number of benzene rings is 1. The van der Waals surface area contributed by atoms with Crippen LogP contribution in [0.2, 0.25) is 0 Å². The molecule has 0 unspecified atom stereocenters. The van der Waals surface area contributed by atoms with Crippen molar-refractivity contribution in [3.63, 3.8) is 0 Å². The standard InChI is InChI=1S/C16H17FN4O3S/c1-3-24-15(23)12-8-19-16(21-13(12)18)25-9(2)14(22)20-11-6-4-10(17)5-7-11/h4-9H,3H2,1-2H3,(H,20,22)(H2,18,19,21)/t9-/m0/s1. The monoisotopic (exact) mass is 364 g/mol. The Kier molecular flexibility index (Phi) is 6.29. The van der Waals surface area contributed by atoms with Gasteiger partial charge in [0.25, 0.3) is 0 Å². The molecule has 1 amide bonds. The second-order valence-electron chi connectivity index (χ2n) is 4.93. The number of amides is 1. The first-order chi connectivity index (χ1) is 11.9. The zero-order valence-electron chi connectivity index (χ0n) is 13.7. The van der Waals surface area contributed by atoms with Gasteiger partial charge in [0.2, 0.25) is 5.91 Å². The van der Waals surface area contributed by atoms with Gasteiger partial charge in [0.1, 0.15) is 17.2 Å². The van der Waals surface area contributed by atoms with Crippen molar-refractivity contribution in [1.29, 1.82) is 0 Å². The number of nitrogens with two attached hydrogens (primary N) is 1. The van der Waals surface area contributed by atoms with Crippen molar-refractivity contribution in [2.45, 2.75) is 24.3 Å². The quantitative estimate of drug-likeness (QED) is 0.461. The molecule has 1 heterocycles. The third-order valence-electron chi connectivity index (χ3n) is 3.05. The molecule has 0 fully saturated rings. The fraction of sp³-hybridized carbons (Fsp3) is 0.250. The number of thioether (sulfide) groups is 1. The summed E-state index contributed by atoms with van der Waals surface area (Å²) < 4.78 is 17.7. The number of nitrogens with one attached hydrogen (secondary N) is 1. The lowest BCUT2D eigenvalue weighted by atomic mass is 10.3. The second-order valence-corrected chi connectivity index (χ2v) is 6.24. The van der Waals surface area contributed by atoms with E-state index in [9.17, 15) is 14.0 Å². The zero-order valence-corrected chi connectivity index (χ0v) is 14.5. The van der Waals surface area contributed by atoms with E-state index in [4.69, 9.17) is 10.5 Å². The van der Waals surface area contributed by atoms with Gasteiger partial charge in [0, 0.05) is 11.9 Å². The van der Waals surface area contributed by atoms with Crippen LogP contribution in [0, 0.1) is 5.82 Å². The molecule has 2 rings (SSSR count). The molecule has 0 spiro atoms. The Labute approximate surface area is 148 Å². The Morgan fingerprint density at radius 2 is 2.04 bits per heavy atom. The van der Waals surface area contributed by atoms with Crippen LogP contribution in [0.25, 0.3) is 0 Å². The highest BCUT2D eigenvalue weighted by molar-refractivity contribution is 8.00. The molecule has 1 atom stereocenters. The van der Waals surface area contributed by atoms with Crippen molar-refractivity contribution in [2.75, 3.05) is 17.7 Å². The van der Waals surface area contributed by atoms with Crippen LogP contribution < -0.4 is 11.1 Å². The van der Waals surface area contributed by atoms with Gasteiger partial charge in [-0.3, -0.25) is 4.79 Å². The van der Waals surface area contributed by atoms with Gasteiger partial charge in [-0.05, 0) is 38.1 Å². The number of anilines is 2. The second kappa shape index (κ2) is 8.43. The summed E-state index contributed by atoms with van der Waals surface area (Å²) >= 11 is 1.08. The number of hydrogen-bond donors (Lipinski definition) is 2. The van der Waals surface area contributed by atoms with Gasteiger partial charge in [-0.15, -0.1) is 0 Å². The number of esters is 1. The maximum Gasteiger partial charge on any atom is 0.343 e. The smallest absolute Gasteiger partial charge is 0.343 e. The molecule has 2 aromatic rings. The molecule has 25 heavy (non-hydrogen) atoms. The van der Waals surface area contributed by atoms with E-state index < -0.39 is 11.2 Å². The van der Waals surface area contributed by atoms with E-state index in [1.54, 1.807) is 13.8 Å². The van der Waals surface area contributed by atoms with Crippen molar-refractivity contribution < 1.29 is 18.7 Å². The van der Waals surface area contributed by atoms with Crippen molar-refractivity contribution in [1.82, 2.24) is 9.97 Å². The largest absolute Gasteiger partial charge is 0.462 e. The maximum absolute atomic E-state index is 12.9. The summed E-state index contributed by atoms with van der Waals surface area (Å²) in [4.78, 5) is 31.9. The molecular weight excluding hydrogens is 347 g/mol. The van der Waals surface area contributed by atoms with Gasteiger partial charge in [0.15, 0.2) is 5.16 Å². The average Bonchev–Trinajstić information content (AvgIpc) is 2.57. The van der Waals surface area contributed by atoms with E-state index >= 15 is 0 Å². The number of halogens is 1. The summed E-state index contributed by atoms with van der Waals surface area (Å²) in [5.74, 6) is -1.29. The summed E-state index contributed by atoms with van der Waals surface area (Å²) in [6, 6.07) is 5.44. The number of carbonyl (C=O) groups is 2. The summed E-state index contributed by atoms with van der Waals surface area (Å²) in [6.45, 7) is 3.57.